The number of ether oxygens (including phenoxy) is 1. The molecule has 0 saturated carbocycles. The second-order valence-electron chi connectivity index (χ2n) is 8.06. The highest BCUT2D eigenvalue weighted by atomic mass is 19.3. The highest BCUT2D eigenvalue weighted by molar-refractivity contribution is 5.82. The number of amides is 1. The van der Waals surface area contributed by atoms with Crippen molar-refractivity contribution in [2.45, 2.75) is 51.7 Å². The number of aromatic amines is 1. The lowest BCUT2D eigenvalue weighted by Crippen LogP contribution is -2.23. The molecule has 2 heterocycles. The van der Waals surface area contributed by atoms with Crippen molar-refractivity contribution in [1.82, 2.24) is 10.3 Å². The number of carbonyl (C=O) groups excluding carboxylic acids is 1. The molecule has 3 rings (SSSR count). The van der Waals surface area contributed by atoms with E-state index in [0.717, 1.165) is 11.1 Å². The van der Waals surface area contributed by atoms with Crippen molar-refractivity contribution in [3.8, 4) is 5.75 Å². The molecule has 7 heteroatoms. The molecule has 0 unspecified atom stereocenters. The molecule has 1 aliphatic heterocycles. The van der Waals surface area contributed by atoms with Crippen molar-refractivity contribution in [1.29, 1.82) is 0 Å². The van der Waals surface area contributed by atoms with E-state index >= 15 is 0 Å². The zero-order chi connectivity index (χ0) is 21.2. The Bertz CT molecular complexity index is 973. The fourth-order valence-electron chi connectivity index (χ4n) is 3.26. The van der Waals surface area contributed by atoms with Crippen LogP contribution in [0.2, 0.25) is 0 Å². The van der Waals surface area contributed by atoms with Gasteiger partial charge in [-0.1, -0.05) is 51.1 Å². The lowest BCUT2D eigenvalue weighted by atomic mass is 9.86. The summed E-state index contributed by atoms with van der Waals surface area (Å²) < 4.78 is 29.1. The minimum absolute atomic E-state index is 0.00952. The summed E-state index contributed by atoms with van der Waals surface area (Å²) in [4.78, 5) is 26.4. The fraction of sp³-hybridized carbons (Fsp3) is 0.364. The van der Waals surface area contributed by atoms with E-state index < -0.39 is 17.9 Å². The first kappa shape index (κ1) is 20.8. The summed E-state index contributed by atoms with van der Waals surface area (Å²) in [5.41, 5.74) is 2.42. The van der Waals surface area contributed by atoms with Gasteiger partial charge in [0.2, 0.25) is 5.91 Å². The molecule has 0 spiro atoms. The van der Waals surface area contributed by atoms with Crippen LogP contribution < -0.4 is 15.6 Å². The Kier molecular flexibility index (Phi) is 5.86. The van der Waals surface area contributed by atoms with Crippen molar-refractivity contribution < 1.29 is 18.3 Å². The largest absolute Gasteiger partial charge is 0.429 e. The summed E-state index contributed by atoms with van der Waals surface area (Å²) in [6.07, 6.45) is 2.98. The Balaban J connectivity index is 2.02. The number of rotatable bonds is 5. The minimum atomic E-state index is -3.07. The molecule has 29 heavy (non-hydrogen) atoms. The number of nitrogens with one attached hydrogen (secondary N) is 2. The third-order valence-electron chi connectivity index (χ3n) is 4.84. The normalized spacial score (nSPS) is 17.5. The molecular formula is C22H24F2N2O3. The Hall–Kier alpha value is -2.96. The number of pyridine rings is 1. The van der Waals surface area contributed by atoms with E-state index in [-0.39, 0.29) is 17.4 Å². The number of alkyl halides is 2. The van der Waals surface area contributed by atoms with Gasteiger partial charge in [0.25, 0.3) is 5.56 Å². The fourth-order valence-corrected chi connectivity index (χ4v) is 3.26. The smallest absolute Gasteiger partial charge is 0.387 e. The lowest BCUT2D eigenvalue weighted by molar-refractivity contribution is -0.119. The third kappa shape index (κ3) is 5.10. The predicted molar refractivity (Wildman–Crippen MR) is 107 cm³/mol. The maximum atomic E-state index is 12.4. The first-order valence-electron chi connectivity index (χ1n) is 9.44. The summed E-state index contributed by atoms with van der Waals surface area (Å²) in [6.45, 7) is 3.28. The molecule has 1 aromatic heterocycles. The standard InChI is InChI=1S/C22H24F2N2O3/c1-22(2,3)14-6-4-13(5-7-14)16(12-15-8-11-19(27)25-15)17-9-10-18(20(28)26-17)29-21(23)24/h4-7,9-10,12,15,21H,8,11H2,1-3H3,(H,25,27)(H,26,28)/b16-12+/t15-/m1/s1. The van der Waals surface area contributed by atoms with Gasteiger partial charge >= 0.3 is 6.61 Å². The molecule has 1 fully saturated rings. The minimum Gasteiger partial charge on any atom is -0.429 e. The zero-order valence-corrected chi connectivity index (χ0v) is 16.6. The molecule has 5 nitrogen and oxygen atoms in total. The number of aromatic nitrogens is 1. The quantitative estimate of drug-likeness (QED) is 0.795. The molecule has 1 aliphatic rings. The van der Waals surface area contributed by atoms with Crippen LogP contribution in [-0.2, 0) is 10.2 Å². The van der Waals surface area contributed by atoms with Gasteiger partial charge in [-0.2, -0.15) is 8.78 Å². The monoisotopic (exact) mass is 402 g/mol. The molecule has 0 bridgehead atoms. The topological polar surface area (TPSA) is 71.2 Å². The van der Waals surface area contributed by atoms with Gasteiger partial charge in [0, 0.05) is 23.7 Å². The zero-order valence-electron chi connectivity index (χ0n) is 16.6. The van der Waals surface area contributed by atoms with Crippen molar-refractivity contribution in [3.63, 3.8) is 0 Å². The molecule has 2 aromatic rings. The number of hydrogen-bond acceptors (Lipinski definition) is 3. The van der Waals surface area contributed by atoms with Gasteiger partial charge in [-0.15, -0.1) is 0 Å². The van der Waals surface area contributed by atoms with E-state index in [1.54, 1.807) is 0 Å². The van der Waals surface area contributed by atoms with Gasteiger partial charge in [0.05, 0.1) is 0 Å². The average Bonchev–Trinajstić information content (AvgIpc) is 3.05. The average molecular weight is 402 g/mol. The van der Waals surface area contributed by atoms with E-state index in [2.05, 4.69) is 35.8 Å². The van der Waals surface area contributed by atoms with Crippen LogP contribution in [0.15, 0.2) is 47.3 Å². The molecule has 0 aliphatic carbocycles. The Labute approximate surface area is 167 Å². The van der Waals surface area contributed by atoms with E-state index in [9.17, 15) is 18.4 Å². The molecular weight excluding hydrogens is 378 g/mol. The van der Waals surface area contributed by atoms with Crippen LogP contribution in [0.1, 0.15) is 50.4 Å². The third-order valence-corrected chi connectivity index (χ3v) is 4.84. The van der Waals surface area contributed by atoms with Gasteiger partial charge in [-0.05, 0) is 35.1 Å². The number of benzene rings is 1. The summed E-state index contributed by atoms with van der Waals surface area (Å²) >= 11 is 0. The van der Waals surface area contributed by atoms with Crippen molar-refractivity contribution >= 4 is 11.5 Å². The Morgan fingerprint density at radius 2 is 1.83 bits per heavy atom. The lowest BCUT2D eigenvalue weighted by Gasteiger charge is -2.20. The molecule has 1 amide bonds. The van der Waals surface area contributed by atoms with E-state index in [1.807, 2.05) is 30.3 Å². The summed E-state index contributed by atoms with van der Waals surface area (Å²) in [7, 11) is 0. The van der Waals surface area contributed by atoms with Gasteiger partial charge in [0.15, 0.2) is 5.75 Å². The SMILES string of the molecule is CC(C)(C)c1ccc(/C(=C\[C@H]2CCC(=O)N2)c2ccc(OC(F)F)c(=O)[nH]2)cc1. The number of H-pyrrole nitrogens is 1. The summed E-state index contributed by atoms with van der Waals surface area (Å²) in [5, 5.41) is 2.88. The highest BCUT2D eigenvalue weighted by Gasteiger charge is 2.21. The molecule has 1 saturated heterocycles. The van der Waals surface area contributed by atoms with Crippen molar-refractivity contribution in [2.24, 2.45) is 0 Å². The second-order valence-corrected chi connectivity index (χ2v) is 8.06. The van der Waals surface area contributed by atoms with Crippen molar-refractivity contribution in [2.75, 3.05) is 0 Å². The first-order chi connectivity index (χ1) is 13.6. The molecule has 2 N–H and O–H groups in total. The van der Waals surface area contributed by atoms with Crippen molar-refractivity contribution in [3.05, 3.63) is 69.6 Å². The van der Waals surface area contributed by atoms with Crippen LogP contribution >= 0.6 is 0 Å². The van der Waals surface area contributed by atoms with E-state index in [0.29, 0.717) is 24.1 Å². The second kappa shape index (κ2) is 8.19. The van der Waals surface area contributed by atoms with Gasteiger partial charge < -0.3 is 15.0 Å². The predicted octanol–water partition coefficient (Wildman–Crippen LogP) is 3.98. The van der Waals surface area contributed by atoms with Gasteiger partial charge in [0.1, 0.15) is 0 Å². The van der Waals surface area contributed by atoms with Crippen LogP contribution in [0.25, 0.3) is 5.57 Å². The van der Waals surface area contributed by atoms with Crippen LogP contribution in [-0.4, -0.2) is 23.5 Å². The summed E-state index contributed by atoms with van der Waals surface area (Å²) in [5.74, 6) is -0.469. The molecule has 1 atom stereocenters. The summed E-state index contributed by atoms with van der Waals surface area (Å²) in [6, 6.07) is 10.5. The number of carbonyl (C=O) groups is 1. The van der Waals surface area contributed by atoms with E-state index in [4.69, 9.17) is 0 Å². The van der Waals surface area contributed by atoms with Crippen LogP contribution in [0.3, 0.4) is 0 Å². The molecule has 0 radical (unpaired) electrons. The van der Waals surface area contributed by atoms with Gasteiger partial charge in [-0.25, -0.2) is 0 Å². The molecule has 154 valence electrons. The van der Waals surface area contributed by atoms with E-state index in [1.165, 1.54) is 12.1 Å². The first-order valence-corrected chi connectivity index (χ1v) is 9.44. The highest BCUT2D eigenvalue weighted by Crippen LogP contribution is 2.28. The number of hydrogen-bond donors (Lipinski definition) is 2. The Morgan fingerprint density at radius 1 is 1.14 bits per heavy atom. The molecule has 1 aromatic carbocycles. The van der Waals surface area contributed by atoms with Crippen LogP contribution in [0.4, 0.5) is 8.78 Å². The van der Waals surface area contributed by atoms with Crippen LogP contribution in [0, 0.1) is 0 Å². The maximum absolute atomic E-state index is 12.4. The Morgan fingerprint density at radius 3 is 2.34 bits per heavy atom. The van der Waals surface area contributed by atoms with Crippen LogP contribution in [0.5, 0.6) is 5.75 Å². The van der Waals surface area contributed by atoms with Gasteiger partial charge in [-0.3, -0.25) is 9.59 Å². The number of halogens is 2. The maximum Gasteiger partial charge on any atom is 0.387 e.